The molecule has 1 fully saturated rings. The summed E-state index contributed by atoms with van der Waals surface area (Å²) < 4.78 is 58.4. The molecule has 0 heterocycles. The van der Waals surface area contributed by atoms with Crippen molar-refractivity contribution in [2.75, 3.05) is 12.4 Å². The number of nitrogens with one attached hydrogen (secondary N) is 2. The van der Waals surface area contributed by atoms with Crippen molar-refractivity contribution in [3.05, 3.63) is 94.8 Å². The van der Waals surface area contributed by atoms with Gasteiger partial charge in [-0.25, -0.2) is 4.39 Å². The van der Waals surface area contributed by atoms with E-state index in [0.717, 1.165) is 54.7 Å². The van der Waals surface area contributed by atoms with Crippen LogP contribution < -0.4 is 15.4 Å². The second-order valence-corrected chi connectivity index (χ2v) is 10.4. The van der Waals surface area contributed by atoms with E-state index < -0.39 is 34.4 Å². The maximum Gasteiger partial charge on any atom is 0.417 e. The van der Waals surface area contributed by atoms with E-state index in [-0.39, 0.29) is 11.9 Å². The number of hydrogen-bond acceptors (Lipinski definition) is 3. The monoisotopic (exact) mass is 556 g/mol. The summed E-state index contributed by atoms with van der Waals surface area (Å²) in [7, 11) is 1.62. The first-order valence-electron chi connectivity index (χ1n) is 13.2. The van der Waals surface area contributed by atoms with Gasteiger partial charge >= 0.3 is 6.18 Å². The number of methoxy groups -OCH3 is 1. The summed E-state index contributed by atoms with van der Waals surface area (Å²) in [6.45, 7) is 1.93. The fraction of sp³-hybridized carbons (Fsp3) is 0.355. The molecule has 1 atom stereocenters. The van der Waals surface area contributed by atoms with Crippen molar-refractivity contribution in [2.45, 2.75) is 57.7 Å². The minimum Gasteiger partial charge on any atom is -0.497 e. The Kier molecular flexibility index (Phi) is 8.81. The Hall–Kier alpha value is -3.88. The summed E-state index contributed by atoms with van der Waals surface area (Å²) in [6.07, 6.45) is 0.000952. The predicted octanol–water partition coefficient (Wildman–Crippen LogP) is 6.96. The van der Waals surface area contributed by atoms with Crippen LogP contribution in [0.15, 0.2) is 66.7 Å². The zero-order valence-electron chi connectivity index (χ0n) is 22.4. The molecule has 2 N–H and O–H groups in total. The number of alkyl halides is 3. The SMILES string of the molecule is COc1ccc(CC2(C(=O)NC(C)Cc3ccc(NC(=O)c4ccc(F)cc4C(F)(F)F)cc3)CCCC2)cc1. The molecule has 9 heteroatoms. The van der Waals surface area contributed by atoms with Gasteiger partial charge in [-0.15, -0.1) is 0 Å². The molecule has 0 aromatic heterocycles. The van der Waals surface area contributed by atoms with Crippen molar-refractivity contribution < 1.29 is 31.9 Å². The number of ether oxygens (including phenoxy) is 1. The normalized spacial score (nSPS) is 15.3. The highest BCUT2D eigenvalue weighted by Gasteiger charge is 2.41. The average molecular weight is 557 g/mol. The Bertz CT molecular complexity index is 1330. The summed E-state index contributed by atoms with van der Waals surface area (Å²) in [5.74, 6) is -1.25. The van der Waals surface area contributed by atoms with Gasteiger partial charge in [-0.2, -0.15) is 13.2 Å². The van der Waals surface area contributed by atoms with Crippen molar-refractivity contribution in [2.24, 2.45) is 5.41 Å². The van der Waals surface area contributed by atoms with Crippen LogP contribution in [0.2, 0.25) is 0 Å². The number of hydrogen-bond donors (Lipinski definition) is 2. The Labute approximate surface area is 230 Å². The highest BCUT2D eigenvalue weighted by Crippen LogP contribution is 2.41. The first kappa shape index (κ1) is 29.1. The number of amides is 2. The number of carbonyl (C=O) groups is 2. The third-order valence-corrected chi connectivity index (χ3v) is 7.41. The molecule has 0 radical (unpaired) electrons. The number of halogens is 4. The quantitative estimate of drug-likeness (QED) is 0.280. The Morgan fingerprint density at radius 3 is 2.17 bits per heavy atom. The van der Waals surface area contributed by atoms with Gasteiger partial charge in [0, 0.05) is 11.7 Å². The largest absolute Gasteiger partial charge is 0.497 e. The number of rotatable bonds is 9. The predicted molar refractivity (Wildman–Crippen MR) is 145 cm³/mol. The van der Waals surface area contributed by atoms with E-state index >= 15 is 0 Å². The summed E-state index contributed by atoms with van der Waals surface area (Å²) in [5, 5.41) is 5.61. The number of carbonyl (C=O) groups excluding carboxylic acids is 2. The summed E-state index contributed by atoms with van der Waals surface area (Å²) in [6, 6.07) is 16.2. The number of anilines is 1. The van der Waals surface area contributed by atoms with Gasteiger partial charge in [0.1, 0.15) is 11.6 Å². The molecule has 1 aliphatic carbocycles. The van der Waals surface area contributed by atoms with Gasteiger partial charge in [0.2, 0.25) is 5.91 Å². The van der Waals surface area contributed by atoms with E-state index in [9.17, 15) is 27.2 Å². The Morgan fingerprint density at radius 2 is 1.57 bits per heavy atom. The minimum absolute atomic E-state index is 0.0389. The maximum absolute atomic E-state index is 13.4. The van der Waals surface area contributed by atoms with Gasteiger partial charge in [-0.3, -0.25) is 9.59 Å². The van der Waals surface area contributed by atoms with Crippen LogP contribution in [0.25, 0.3) is 0 Å². The van der Waals surface area contributed by atoms with Crippen molar-refractivity contribution in [1.29, 1.82) is 0 Å². The molecule has 3 aromatic carbocycles. The van der Waals surface area contributed by atoms with Crippen molar-refractivity contribution in [3.8, 4) is 5.75 Å². The fourth-order valence-electron chi connectivity index (χ4n) is 5.32. The molecule has 40 heavy (non-hydrogen) atoms. The maximum atomic E-state index is 13.4. The van der Waals surface area contributed by atoms with Crippen molar-refractivity contribution >= 4 is 17.5 Å². The standard InChI is InChI=1S/C31H32F4N2O3/c1-20(36-29(39)30(15-3-4-16-30)19-22-7-12-25(40-2)13-8-22)17-21-5-10-24(11-6-21)37-28(38)26-14-9-23(32)18-27(26)31(33,34)35/h5-14,18,20H,3-4,15-17,19H2,1-2H3,(H,36,39)(H,37,38). The van der Waals surface area contributed by atoms with Gasteiger partial charge in [-0.1, -0.05) is 37.1 Å². The first-order chi connectivity index (χ1) is 19.0. The van der Waals surface area contributed by atoms with E-state index in [4.69, 9.17) is 4.74 Å². The van der Waals surface area contributed by atoms with Crippen LogP contribution in [0.5, 0.6) is 5.75 Å². The average Bonchev–Trinajstić information content (AvgIpc) is 3.39. The van der Waals surface area contributed by atoms with Crippen LogP contribution in [-0.2, 0) is 23.8 Å². The van der Waals surface area contributed by atoms with Crippen molar-refractivity contribution in [1.82, 2.24) is 5.32 Å². The van der Waals surface area contributed by atoms with Gasteiger partial charge in [0.25, 0.3) is 5.91 Å². The molecule has 1 saturated carbocycles. The molecule has 1 aliphatic rings. The molecule has 0 spiro atoms. The highest BCUT2D eigenvalue weighted by atomic mass is 19.4. The van der Waals surface area contributed by atoms with Crippen LogP contribution >= 0.6 is 0 Å². The molecule has 4 rings (SSSR count). The molecule has 212 valence electrons. The van der Waals surface area contributed by atoms with Gasteiger partial charge in [-0.05, 0) is 86.2 Å². The summed E-state index contributed by atoms with van der Waals surface area (Å²) >= 11 is 0. The number of benzene rings is 3. The van der Waals surface area contributed by atoms with Crippen LogP contribution in [0.3, 0.4) is 0 Å². The third-order valence-electron chi connectivity index (χ3n) is 7.41. The lowest BCUT2D eigenvalue weighted by Gasteiger charge is -2.30. The zero-order chi connectivity index (χ0) is 28.9. The molecule has 1 unspecified atom stereocenters. The Balaban J connectivity index is 1.36. The molecular weight excluding hydrogens is 524 g/mol. The zero-order valence-corrected chi connectivity index (χ0v) is 22.4. The molecule has 0 aliphatic heterocycles. The third kappa shape index (κ3) is 7.00. The van der Waals surface area contributed by atoms with E-state index in [1.807, 2.05) is 31.2 Å². The Morgan fingerprint density at radius 1 is 0.950 bits per heavy atom. The van der Waals surface area contributed by atoms with Crippen LogP contribution in [0, 0.1) is 11.2 Å². The van der Waals surface area contributed by atoms with Crippen molar-refractivity contribution in [3.63, 3.8) is 0 Å². The molecule has 3 aromatic rings. The van der Waals surface area contributed by atoms with Gasteiger partial charge in [0.05, 0.1) is 23.7 Å². The van der Waals surface area contributed by atoms with E-state index in [1.165, 1.54) is 0 Å². The minimum atomic E-state index is -4.87. The van der Waals surface area contributed by atoms with E-state index in [0.29, 0.717) is 24.6 Å². The van der Waals surface area contributed by atoms with Crippen LogP contribution in [0.4, 0.5) is 23.2 Å². The lowest BCUT2D eigenvalue weighted by Crippen LogP contribution is -2.45. The van der Waals surface area contributed by atoms with Gasteiger partial charge in [0.15, 0.2) is 0 Å². The lowest BCUT2D eigenvalue weighted by atomic mass is 9.79. The molecule has 0 bridgehead atoms. The second-order valence-electron chi connectivity index (χ2n) is 10.4. The van der Waals surface area contributed by atoms with Crippen LogP contribution in [-0.4, -0.2) is 25.0 Å². The highest BCUT2D eigenvalue weighted by molar-refractivity contribution is 6.05. The molecular formula is C31H32F4N2O3. The molecule has 5 nitrogen and oxygen atoms in total. The first-order valence-corrected chi connectivity index (χ1v) is 13.2. The molecule has 0 saturated heterocycles. The van der Waals surface area contributed by atoms with Crippen LogP contribution in [0.1, 0.15) is 59.7 Å². The fourth-order valence-corrected chi connectivity index (χ4v) is 5.32. The topological polar surface area (TPSA) is 67.4 Å². The summed E-state index contributed by atoms with van der Waals surface area (Å²) in [4.78, 5) is 25.9. The lowest BCUT2D eigenvalue weighted by molar-refractivity contribution is -0.138. The smallest absolute Gasteiger partial charge is 0.417 e. The van der Waals surface area contributed by atoms with E-state index in [2.05, 4.69) is 10.6 Å². The molecule has 2 amide bonds. The summed E-state index contributed by atoms with van der Waals surface area (Å²) in [5.41, 5.74) is -0.173. The second kappa shape index (κ2) is 12.1. The van der Waals surface area contributed by atoms with Gasteiger partial charge < -0.3 is 15.4 Å². The van der Waals surface area contributed by atoms with E-state index in [1.54, 1.807) is 31.4 Å².